The summed E-state index contributed by atoms with van der Waals surface area (Å²) in [5.74, 6) is 1.24. The molecule has 7 heteroatoms. The highest BCUT2D eigenvalue weighted by molar-refractivity contribution is 5.90. The van der Waals surface area contributed by atoms with Gasteiger partial charge in [-0.3, -0.25) is 4.98 Å². The number of fused-ring (bicyclic) bond motifs is 1. The van der Waals surface area contributed by atoms with E-state index in [-0.39, 0.29) is 6.09 Å². The molecule has 1 aliphatic rings. The average Bonchev–Trinajstić information content (AvgIpc) is 2.69. The van der Waals surface area contributed by atoms with Crippen molar-refractivity contribution in [2.24, 2.45) is 0 Å². The predicted molar refractivity (Wildman–Crippen MR) is 117 cm³/mol. The second kappa shape index (κ2) is 10.7. The quantitative estimate of drug-likeness (QED) is 0.782. The third kappa shape index (κ3) is 6.25. The van der Waals surface area contributed by atoms with Gasteiger partial charge in [-0.1, -0.05) is 33.8 Å². The molecule has 0 saturated carbocycles. The van der Waals surface area contributed by atoms with Crippen molar-refractivity contribution in [3.05, 3.63) is 24.4 Å². The van der Waals surface area contributed by atoms with Crippen LogP contribution in [0.5, 0.6) is 0 Å². The van der Waals surface area contributed by atoms with Gasteiger partial charge < -0.3 is 20.3 Å². The number of piperazine rings is 1. The number of hydrogen-bond acceptors (Lipinski definition) is 6. The van der Waals surface area contributed by atoms with E-state index in [1.54, 1.807) is 11.1 Å². The number of hydrogen-bond donors (Lipinski definition) is 1. The van der Waals surface area contributed by atoms with E-state index in [0.29, 0.717) is 32.0 Å². The van der Waals surface area contributed by atoms with E-state index < -0.39 is 5.60 Å². The molecule has 0 aromatic carbocycles. The smallest absolute Gasteiger partial charge is 0.410 e. The predicted octanol–water partition coefficient (Wildman–Crippen LogP) is 4.32. The summed E-state index contributed by atoms with van der Waals surface area (Å²) >= 11 is 0. The van der Waals surface area contributed by atoms with Gasteiger partial charge in [0.25, 0.3) is 0 Å². The molecule has 0 spiro atoms. The maximum absolute atomic E-state index is 12.2. The van der Waals surface area contributed by atoms with Crippen molar-refractivity contribution in [1.82, 2.24) is 14.9 Å². The third-order valence-corrected chi connectivity index (χ3v) is 3.82. The SMILES string of the molecule is CC.CC.CC(C)(C)OC(=O)N1CCN(c2nc(N)cc3cccnc23)CC1. The van der Waals surface area contributed by atoms with Crippen LogP contribution in [0.3, 0.4) is 0 Å². The average molecular weight is 390 g/mol. The molecule has 0 radical (unpaired) electrons. The van der Waals surface area contributed by atoms with Crippen LogP contribution < -0.4 is 10.6 Å². The molecule has 3 rings (SSSR count). The number of nitrogens with zero attached hydrogens (tertiary/aromatic N) is 4. The molecule has 3 heterocycles. The van der Waals surface area contributed by atoms with Crippen molar-refractivity contribution in [2.75, 3.05) is 36.8 Å². The Morgan fingerprint density at radius 2 is 1.71 bits per heavy atom. The van der Waals surface area contributed by atoms with E-state index in [1.165, 1.54) is 0 Å². The molecular formula is C21H35N5O2. The number of ether oxygens (including phenoxy) is 1. The van der Waals surface area contributed by atoms with Crippen LogP contribution in [0.25, 0.3) is 10.9 Å². The van der Waals surface area contributed by atoms with E-state index in [9.17, 15) is 4.79 Å². The highest BCUT2D eigenvalue weighted by atomic mass is 16.6. The van der Waals surface area contributed by atoms with Crippen molar-refractivity contribution >= 4 is 28.6 Å². The van der Waals surface area contributed by atoms with Gasteiger partial charge in [0.2, 0.25) is 0 Å². The summed E-state index contributed by atoms with van der Waals surface area (Å²) in [6, 6.07) is 5.68. The first-order valence-corrected chi connectivity index (χ1v) is 10.1. The molecule has 0 bridgehead atoms. The van der Waals surface area contributed by atoms with Crippen LogP contribution in [0.1, 0.15) is 48.5 Å². The van der Waals surface area contributed by atoms with E-state index in [1.807, 2.05) is 66.7 Å². The molecule has 28 heavy (non-hydrogen) atoms. The van der Waals surface area contributed by atoms with Crippen molar-refractivity contribution < 1.29 is 9.53 Å². The molecule has 2 aromatic heterocycles. The van der Waals surface area contributed by atoms with Crippen molar-refractivity contribution in [3.8, 4) is 0 Å². The van der Waals surface area contributed by atoms with Gasteiger partial charge in [0.1, 0.15) is 16.9 Å². The second-order valence-corrected chi connectivity index (χ2v) is 6.90. The molecule has 1 aliphatic heterocycles. The number of carbonyl (C=O) groups is 1. The van der Waals surface area contributed by atoms with Gasteiger partial charge in [-0.05, 0) is 32.9 Å². The van der Waals surface area contributed by atoms with Crippen LogP contribution in [0.2, 0.25) is 0 Å². The number of anilines is 2. The largest absolute Gasteiger partial charge is 0.444 e. The summed E-state index contributed by atoms with van der Waals surface area (Å²) in [6.45, 7) is 16.1. The first-order chi connectivity index (χ1) is 13.3. The molecule has 1 amide bonds. The fourth-order valence-corrected chi connectivity index (χ4v) is 2.74. The first kappa shape index (κ1) is 23.5. The zero-order valence-electron chi connectivity index (χ0n) is 18.3. The Kier molecular flexibility index (Phi) is 8.96. The van der Waals surface area contributed by atoms with Crippen LogP contribution in [-0.4, -0.2) is 52.7 Å². The first-order valence-electron chi connectivity index (χ1n) is 10.1. The van der Waals surface area contributed by atoms with Crippen LogP contribution in [0.15, 0.2) is 24.4 Å². The second-order valence-electron chi connectivity index (χ2n) is 6.90. The third-order valence-electron chi connectivity index (χ3n) is 3.82. The Labute approximate surface area is 168 Å². The lowest BCUT2D eigenvalue weighted by Crippen LogP contribution is -2.50. The molecule has 1 saturated heterocycles. The summed E-state index contributed by atoms with van der Waals surface area (Å²) in [6.07, 6.45) is 1.48. The van der Waals surface area contributed by atoms with Gasteiger partial charge in [-0.2, -0.15) is 0 Å². The number of nitrogen functional groups attached to an aromatic ring is 1. The Hall–Kier alpha value is -2.57. The molecule has 2 aromatic rings. The van der Waals surface area contributed by atoms with Gasteiger partial charge in [0.05, 0.1) is 0 Å². The zero-order valence-corrected chi connectivity index (χ0v) is 18.3. The highest BCUT2D eigenvalue weighted by Crippen LogP contribution is 2.26. The lowest BCUT2D eigenvalue weighted by atomic mass is 10.2. The minimum atomic E-state index is -0.482. The highest BCUT2D eigenvalue weighted by Gasteiger charge is 2.27. The standard InChI is InChI=1S/C17H23N5O2.2C2H6/c1-17(2,3)24-16(23)22-9-7-21(8-10-22)15-14-12(5-4-6-19-14)11-13(18)20-15;2*1-2/h4-6,11H,7-10H2,1-3H3,(H2,18,20);2*1-2H3. The molecule has 0 atom stereocenters. The molecule has 2 N–H and O–H groups in total. The van der Waals surface area contributed by atoms with E-state index in [2.05, 4.69) is 14.9 Å². The van der Waals surface area contributed by atoms with Gasteiger partial charge >= 0.3 is 6.09 Å². The number of nitrogens with two attached hydrogens (primary N) is 1. The van der Waals surface area contributed by atoms with Gasteiger partial charge in [-0.25, -0.2) is 9.78 Å². The fourth-order valence-electron chi connectivity index (χ4n) is 2.74. The van der Waals surface area contributed by atoms with E-state index >= 15 is 0 Å². The van der Waals surface area contributed by atoms with E-state index in [4.69, 9.17) is 10.5 Å². The number of carbonyl (C=O) groups excluding carboxylic acids is 1. The Balaban J connectivity index is 0.000000921. The van der Waals surface area contributed by atoms with Crippen molar-refractivity contribution in [3.63, 3.8) is 0 Å². The maximum atomic E-state index is 12.2. The molecule has 156 valence electrons. The monoisotopic (exact) mass is 389 g/mol. The molecule has 0 unspecified atom stereocenters. The summed E-state index contributed by atoms with van der Waals surface area (Å²) in [5.41, 5.74) is 6.27. The number of aromatic nitrogens is 2. The lowest BCUT2D eigenvalue weighted by Gasteiger charge is -2.36. The van der Waals surface area contributed by atoms with Crippen molar-refractivity contribution in [1.29, 1.82) is 0 Å². The summed E-state index contributed by atoms with van der Waals surface area (Å²) in [5, 5.41) is 0.967. The molecular weight excluding hydrogens is 354 g/mol. The lowest BCUT2D eigenvalue weighted by molar-refractivity contribution is 0.0240. The summed E-state index contributed by atoms with van der Waals surface area (Å²) < 4.78 is 5.43. The summed E-state index contributed by atoms with van der Waals surface area (Å²) in [4.78, 5) is 24.9. The Morgan fingerprint density at radius 3 is 2.29 bits per heavy atom. The van der Waals surface area contributed by atoms with Gasteiger partial charge in [0, 0.05) is 37.8 Å². The molecule has 1 fully saturated rings. The maximum Gasteiger partial charge on any atom is 0.410 e. The van der Waals surface area contributed by atoms with Gasteiger partial charge in [-0.15, -0.1) is 0 Å². The zero-order chi connectivity index (χ0) is 21.3. The number of rotatable bonds is 1. The normalized spacial score (nSPS) is 13.8. The van der Waals surface area contributed by atoms with Gasteiger partial charge in [0.15, 0.2) is 5.82 Å². The Morgan fingerprint density at radius 1 is 1.11 bits per heavy atom. The molecule has 7 nitrogen and oxygen atoms in total. The van der Waals surface area contributed by atoms with Crippen molar-refractivity contribution in [2.45, 2.75) is 54.1 Å². The van der Waals surface area contributed by atoms with Crippen LogP contribution in [-0.2, 0) is 4.74 Å². The minimum absolute atomic E-state index is 0.273. The number of amides is 1. The van der Waals surface area contributed by atoms with Crippen LogP contribution in [0, 0.1) is 0 Å². The topological polar surface area (TPSA) is 84.6 Å². The summed E-state index contributed by atoms with van der Waals surface area (Å²) in [7, 11) is 0. The van der Waals surface area contributed by atoms with Crippen LogP contribution in [0.4, 0.5) is 16.4 Å². The van der Waals surface area contributed by atoms with Crippen LogP contribution >= 0.6 is 0 Å². The fraction of sp³-hybridized carbons (Fsp3) is 0.571. The molecule has 0 aliphatic carbocycles. The van der Waals surface area contributed by atoms with E-state index in [0.717, 1.165) is 16.7 Å². The Bertz CT molecular complexity index is 750. The minimum Gasteiger partial charge on any atom is -0.444 e. The number of pyridine rings is 2.